The van der Waals surface area contributed by atoms with Gasteiger partial charge < -0.3 is 10.3 Å². The summed E-state index contributed by atoms with van der Waals surface area (Å²) in [5.74, 6) is 0.817. The molecule has 22 heavy (non-hydrogen) atoms. The summed E-state index contributed by atoms with van der Waals surface area (Å²) < 4.78 is 0. The highest BCUT2D eigenvalue weighted by molar-refractivity contribution is 7.99. The molecule has 0 saturated carbocycles. The van der Waals surface area contributed by atoms with Crippen molar-refractivity contribution in [1.82, 2.24) is 9.97 Å². The average Bonchev–Trinajstić information content (AvgIpc) is 3.11. The molecule has 2 aromatic rings. The van der Waals surface area contributed by atoms with Crippen molar-refractivity contribution >= 4 is 34.0 Å². The Labute approximate surface area is 137 Å². The zero-order valence-electron chi connectivity index (χ0n) is 12.2. The standard InChI is InChI=1S/C15H16N4OS2/c1-9-2-3-10-11(7-16)14(22-12(10)6-9)19-13(20)8-21-15-17-4-5-18-15/h4-5,9H,2-3,6,8H2,1H3,(H,17,18)(H,19,20). The minimum atomic E-state index is -0.107. The summed E-state index contributed by atoms with van der Waals surface area (Å²) in [6.07, 6.45) is 6.43. The van der Waals surface area contributed by atoms with Crippen molar-refractivity contribution in [2.75, 3.05) is 11.1 Å². The van der Waals surface area contributed by atoms with E-state index in [-0.39, 0.29) is 11.7 Å². The Morgan fingerprint density at radius 1 is 1.68 bits per heavy atom. The lowest BCUT2D eigenvalue weighted by molar-refractivity contribution is -0.113. The van der Waals surface area contributed by atoms with Crippen molar-refractivity contribution in [3.05, 3.63) is 28.4 Å². The van der Waals surface area contributed by atoms with Gasteiger partial charge in [-0.25, -0.2) is 4.98 Å². The molecule has 0 saturated heterocycles. The molecular formula is C15H16N4OS2. The molecule has 5 nitrogen and oxygen atoms in total. The fraction of sp³-hybridized carbons (Fsp3) is 0.400. The number of thiophene rings is 1. The number of aromatic amines is 1. The number of amides is 1. The molecular weight excluding hydrogens is 316 g/mol. The third-order valence-corrected chi connectivity index (χ3v) is 5.76. The van der Waals surface area contributed by atoms with Crippen LogP contribution in [0.4, 0.5) is 5.00 Å². The van der Waals surface area contributed by atoms with Crippen molar-refractivity contribution in [2.45, 2.75) is 31.3 Å². The molecule has 1 aliphatic carbocycles. The van der Waals surface area contributed by atoms with E-state index >= 15 is 0 Å². The first-order valence-electron chi connectivity index (χ1n) is 7.14. The molecule has 2 N–H and O–H groups in total. The predicted molar refractivity (Wildman–Crippen MR) is 88.2 cm³/mol. The Bertz CT molecular complexity index is 715. The van der Waals surface area contributed by atoms with E-state index in [0.717, 1.165) is 30.0 Å². The lowest BCUT2D eigenvalue weighted by Crippen LogP contribution is -2.14. The summed E-state index contributed by atoms with van der Waals surface area (Å²) in [4.78, 5) is 20.3. The Morgan fingerprint density at radius 3 is 3.27 bits per heavy atom. The average molecular weight is 332 g/mol. The van der Waals surface area contributed by atoms with Crippen LogP contribution in [0.5, 0.6) is 0 Å². The zero-order chi connectivity index (χ0) is 15.5. The molecule has 0 aromatic carbocycles. The number of aromatic nitrogens is 2. The van der Waals surface area contributed by atoms with Gasteiger partial charge in [0, 0.05) is 17.3 Å². The number of rotatable bonds is 4. The monoisotopic (exact) mass is 332 g/mol. The van der Waals surface area contributed by atoms with Crippen molar-refractivity contribution in [3.63, 3.8) is 0 Å². The molecule has 0 fully saturated rings. The first-order valence-corrected chi connectivity index (χ1v) is 8.94. The molecule has 1 atom stereocenters. The molecule has 2 heterocycles. The quantitative estimate of drug-likeness (QED) is 0.842. The van der Waals surface area contributed by atoms with Gasteiger partial charge in [-0.1, -0.05) is 18.7 Å². The van der Waals surface area contributed by atoms with Gasteiger partial charge in [-0.3, -0.25) is 4.79 Å². The molecule has 0 spiro atoms. The van der Waals surface area contributed by atoms with Crippen LogP contribution in [0.15, 0.2) is 17.6 Å². The van der Waals surface area contributed by atoms with Gasteiger partial charge >= 0.3 is 0 Å². The SMILES string of the molecule is CC1CCc2c(sc(NC(=O)CSc3ncc[nH]3)c2C#N)C1. The van der Waals surface area contributed by atoms with Gasteiger partial charge in [-0.2, -0.15) is 5.26 Å². The highest BCUT2D eigenvalue weighted by Crippen LogP contribution is 2.39. The van der Waals surface area contributed by atoms with E-state index in [9.17, 15) is 10.1 Å². The number of imidazole rings is 1. The number of carbonyl (C=O) groups is 1. The van der Waals surface area contributed by atoms with E-state index in [2.05, 4.69) is 28.3 Å². The Balaban J connectivity index is 1.69. The van der Waals surface area contributed by atoms with Crippen molar-refractivity contribution < 1.29 is 4.79 Å². The third kappa shape index (κ3) is 3.18. The number of nitrogens with one attached hydrogen (secondary N) is 2. The second-order valence-corrected chi connectivity index (χ2v) is 7.47. The molecule has 1 unspecified atom stereocenters. The molecule has 1 aliphatic rings. The van der Waals surface area contributed by atoms with Gasteiger partial charge in [0.05, 0.1) is 11.3 Å². The van der Waals surface area contributed by atoms with Crippen LogP contribution in [0, 0.1) is 17.2 Å². The third-order valence-electron chi connectivity index (χ3n) is 3.69. The summed E-state index contributed by atoms with van der Waals surface area (Å²) in [6.45, 7) is 2.23. The number of thioether (sulfide) groups is 1. The minimum Gasteiger partial charge on any atom is -0.340 e. The van der Waals surface area contributed by atoms with Crippen LogP contribution in [0.2, 0.25) is 0 Å². The number of hydrogen-bond donors (Lipinski definition) is 2. The van der Waals surface area contributed by atoms with Gasteiger partial charge in [0.1, 0.15) is 11.1 Å². The Kier molecular flexibility index (Phi) is 4.50. The molecule has 0 aliphatic heterocycles. The van der Waals surface area contributed by atoms with Crippen LogP contribution in [0.3, 0.4) is 0 Å². The normalized spacial score (nSPS) is 16.8. The molecule has 7 heteroatoms. The summed E-state index contributed by atoms with van der Waals surface area (Å²) in [5.41, 5.74) is 1.79. The molecule has 2 aromatic heterocycles. The van der Waals surface area contributed by atoms with Gasteiger partial charge in [0.15, 0.2) is 5.16 Å². The number of carbonyl (C=O) groups excluding carboxylic acids is 1. The maximum Gasteiger partial charge on any atom is 0.235 e. The first kappa shape index (κ1) is 15.1. The highest BCUT2D eigenvalue weighted by atomic mass is 32.2. The van der Waals surface area contributed by atoms with E-state index in [1.165, 1.54) is 16.6 Å². The summed E-state index contributed by atoms with van der Waals surface area (Å²) in [7, 11) is 0. The van der Waals surface area contributed by atoms with Crippen LogP contribution in [-0.4, -0.2) is 21.6 Å². The van der Waals surface area contributed by atoms with Gasteiger partial charge in [0.25, 0.3) is 0 Å². The van der Waals surface area contributed by atoms with E-state index in [4.69, 9.17) is 0 Å². The fourth-order valence-electron chi connectivity index (χ4n) is 2.58. The molecule has 3 rings (SSSR count). The first-order chi connectivity index (χ1) is 10.7. The minimum absolute atomic E-state index is 0.107. The van der Waals surface area contributed by atoms with Gasteiger partial charge in [-0.15, -0.1) is 11.3 Å². The lowest BCUT2D eigenvalue weighted by Gasteiger charge is -2.17. The molecule has 114 valence electrons. The van der Waals surface area contributed by atoms with Crippen LogP contribution >= 0.6 is 23.1 Å². The molecule has 0 bridgehead atoms. The predicted octanol–water partition coefficient (Wildman–Crippen LogP) is 3.20. The summed E-state index contributed by atoms with van der Waals surface area (Å²) >= 11 is 2.90. The van der Waals surface area contributed by atoms with Gasteiger partial charge in [-0.05, 0) is 30.7 Å². The van der Waals surface area contributed by atoms with Crippen molar-refractivity contribution in [1.29, 1.82) is 5.26 Å². The van der Waals surface area contributed by atoms with Crippen LogP contribution in [0.1, 0.15) is 29.3 Å². The van der Waals surface area contributed by atoms with E-state index in [0.29, 0.717) is 16.5 Å². The highest BCUT2D eigenvalue weighted by Gasteiger charge is 2.24. The number of fused-ring (bicyclic) bond motifs is 1. The van der Waals surface area contributed by atoms with Crippen molar-refractivity contribution in [3.8, 4) is 6.07 Å². The van der Waals surface area contributed by atoms with Gasteiger partial charge in [0.2, 0.25) is 5.91 Å². The summed E-state index contributed by atoms with van der Waals surface area (Å²) in [5, 5.41) is 13.7. The van der Waals surface area contributed by atoms with E-state index in [1.54, 1.807) is 23.7 Å². The van der Waals surface area contributed by atoms with Crippen LogP contribution in [0.25, 0.3) is 0 Å². The lowest BCUT2D eigenvalue weighted by atomic mass is 9.89. The second kappa shape index (κ2) is 6.55. The van der Waals surface area contributed by atoms with E-state index < -0.39 is 0 Å². The summed E-state index contributed by atoms with van der Waals surface area (Å²) in [6, 6.07) is 2.26. The zero-order valence-corrected chi connectivity index (χ0v) is 13.8. The van der Waals surface area contributed by atoms with Crippen LogP contribution in [-0.2, 0) is 17.6 Å². The Morgan fingerprint density at radius 2 is 2.55 bits per heavy atom. The van der Waals surface area contributed by atoms with Crippen LogP contribution < -0.4 is 5.32 Å². The molecule has 1 amide bonds. The second-order valence-electron chi connectivity index (χ2n) is 5.40. The molecule has 0 radical (unpaired) electrons. The Hall–Kier alpha value is -1.78. The van der Waals surface area contributed by atoms with E-state index in [1.807, 2.05) is 0 Å². The smallest absolute Gasteiger partial charge is 0.235 e. The fourth-order valence-corrected chi connectivity index (χ4v) is 4.59. The maximum atomic E-state index is 12.1. The topological polar surface area (TPSA) is 81.6 Å². The number of nitrogens with zero attached hydrogens (tertiary/aromatic N) is 2. The number of hydrogen-bond acceptors (Lipinski definition) is 5. The largest absolute Gasteiger partial charge is 0.340 e. The number of nitriles is 1. The maximum absolute atomic E-state index is 12.1. The van der Waals surface area contributed by atoms with Crippen molar-refractivity contribution in [2.24, 2.45) is 5.92 Å². The number of H-pyrrole nitrogens is 1. The number of anilines is 1.